The fourth-order valence-electron chi connectivity index (χ4n) is 3.10. The SMILES string of the molecule is CCCN(CC1CCCN1)C(C)c1cc(F)c(C)cc1F. The number of hydrogen-bond acceptors (Lipinski definition) is 2. The van der Waals surface area contributed by atoms with E-state index in [2.05, 4.69) is 17.1 Å². The third-order valence-corrected chi connectivity index (χ3v) is 4.40. The van der Waals surface area contributed by atoms with Crippen LogP contribution in [-0.2, 0) is 0 Å². The molecule has 2 rings (SSSR count). The second kappa shape index (κ2) is 7.32. The normalized spacial score (nSPS) is 20.2. The molecule has 0 radical (unpaired) electrons. The molecule has 21 heavy (non-hydrogen) atoms. The predicted molar refractivity (Wildman–Crippen MR) is 82.4 cm³/mol. The van der Waals surface area contributed by atoms with Gasteiger partial charge in [0.15, 0.2) is 0 Å². The van der Waals surface area contributed by atoms with E-state index in [0.717, 1.165) is 32.5 Å². The van der Waals surface area contributed by atoms with E-state index in [1.807, 2.05) is 6.92 Å². The monoisotopic (exact) mass is 296 g/mol. The largest absolute Gasteiger partial charge is 0.313 e. The van der Waals surface area contributed by atoms with Crippen molar-refractivity contribution in [1.29, 1.82) is 0 Å². The van der Waals surface area contributed by atoms with Crippen molar-refractivity contribution in [3.8, 4) is 0 Å². The van der Waals surface area contributed by atoms with Crippen molar-refractivity contribution in [2.24, 2.45) is 0 Å². The molecule has 2 atom stereocenters. The Morgan fingerprint density at radius 3 is 2.71 bits per heavy atom. The number of nitrogens with one attached hydrogen (secondary N) is 1. The quantitative estimate of drug-likeness (QED) is 0.859. The van der Waals surface area contributed by atoms with E-state index in [-0.39, 0.29) is 17.7 Å². The van der Waals surface area contributed by atoms with Gasteiger partial charge in [0.1, 0.15) is 11.6 Å². The number of hydrogen-bond donors (Lipinski definition) is 1. The molecule has 0 aromatic heterocycles. The molecule has 1 aliphatic heterocycles. The maximum absolute atomic E-state index is 14.2. The fraction of sp³-hybridized carbons (Fsp3) is 0.647. The van der Waals surface area contributed by atoms with Crippen LogP contribution >= 0.6 is 0 Å². The molecule has 1 aromatic carbocycles. The van der Waals surface area contributed by atoms with Crippen LogP contribution in [0.5, 0.6) is 0 Å². The van der Waals surface area contributed by atoms with Gasteiger partial charge in [-0.1, -0.05) is 6.92 Å². The van der Waals surface area contributed by atoms with Gasteiger partial charge >= 0.3 is 0 Å². The van der Waals surface area contributed by atoms with E-state index in [1.54, 1.807) is 6.92 Å². The summed E-state index contributed by atoms with van der Waals surface area (Å²) in [5.74, 6) is -0.629. The van der Waals surface area contributed by atoms with Gasteiger partial charge in [-0.05, 0) is 63.9 Å². The Kier molecular flexibility index (Phi) is 5.71. The van der Waals surface area contributed by atoms with Crippen molar-refractivity contribution in [2.75, 3.05) is 19.6 Å². The minimum absolute atomic E-state index is 0.109. The molecule has 2 nitrogen and oxygen atoms in total. The van der Waals surface area contributed by atoms with Crippen molar-refractivity contribution in [3.63, 3.8) is 0 Å². The lowest BCUT2D eigenvalue weighted by molar-refractivity contribution is 0.189. The summed E-state index contributed by atoms with van der Waals surface area (Å²) in [7, 11) is 0. The molecule has 0 bridgehead atoms. The highest BCUT2D eigenvalue weighted by Gasteiger charge is 2.24. The lowest BCUT2D eigenvalue weighted by Crippen LogP contribution is -2.39. The Balaban J connectivity index is 2.16. The van der Waals surface area contributed by atoms with Crippen LogP contribution in [0.1, 0.15) is 50.3 Å². The van der Waals surface area contributed by atoms with Crippen LogP contribution < -0.4 is 5.32 Å². The zero-order valence-corrected chi connectivity index (χ0v) is 13.3. The zero-order valence-electron chi connectivity index (χ0n) is 13.3. The minimum Gasteiger partial charge on any atom is -0.313 e. The molecule has 0 aliphatic carbocycles. The zero-order chi connectivity index (χ0) is 15.4. The summed E-state index contributed by atoms with van der Waals surface area (Å²) in [6.45, 7) is 8.54. The van der Waals surface area contributed by atoms with Gasteiger partial charge in [-0.15, -0.1) is 0 Å². The van der Waals surface area contributed by atoms with Crippen LogP contribution in [0.4, 0.5) is 8.78 Å². The molecule has 1 aromatic rings. The van der Waals surface area contributed by atoms with Crippen molar-refractivity contribution < 1.29 is 8.78 Å². The van der Waals surface area contributed by atoms with Gasteiger partial charge < -0.3 is 5.32 Å². The summed E-state index contributed by atoms with van der Waals surface area (Å²) in [6, 6.07) is 3.03. The molecule has 1 saturated heterocycles. The highest BCUT2D eigenvalue weighted by atomic mass is 19.1. The van der Waals surface area contributed by atoms with Crippen molar-refractivity contribution in [1.82, 2.24) is 10.2 Å². The molecule has 2 unspecified atom stereocenters. The molecule has 4 heteroatoms. The van der Waals surface area contributed by atoms with E-state index in [0.29, 0.717) is 17.2 Å². The first kappa shape index (κ1) is 16.4. The molecule has 1 aliphatic rings. The molecule has 118 valence electrons. The smallest absolute Gasteiger partial charge is 0.128 e. The summed E-state index contributed by atoms with van der Waals surface area (Å²) < 4.78 is 28.0. The molecular weight excluding hydrogens is 270 g/mol. The molecular formula is C17H26F2N2. The summed E-state index contributed by atoms with van der Waals surface area (Å²) in [6.07, 6.45) is 3.37. The number of rotatable bonds is 6. The van der Waals surface area contributed by atoms with Gasteiger partial charge in [0.2, 0.25) is 0 Å². The number of benzene rings is 1. The number of nitrogens with zero attached hydrogens (tertiary/aromatic N) is 1. The third kappa shape index (κ3) is 4.01. The standard InChI is InChI=1S/C17H26F2N2/c1-4-8-21(11-14-6-5-7-20-14)13(3)15-10-16(18)12(2)9-17(15)19/h9-10,13-14,20H,4-8,11H2,1-3H3. The highest BCUT2D eigenvalue weighted by Crippen LogP contribution is 2.26. The van der Waals surface area contributed by atoms with Gasteiger partial charge in [0, 0.05) is 24.2 Å². The molecule has 1 N–H and O–H groups in total. The van der Waals surface area contributed by atoms with Crippen LogP contribution in [0, 0.1) is 18.6 Å². The molecule has 1 heterocycles. The van der Waals surface area contributed by atoms with Crippen LogP contribution in [0.25, 0.3) is 0 Å². The van der Waals surface area contributed by atoms with Crippen LogP contribution in [0.3, 0.4) is 0 Å². The summed E-state index contributed by atoms with van der Waals surface area (Å²) in [5, 5.41) is 3.48. The minimum atomic E-state index is -0.325. The maximum Gasteiger partial charge on any atom is 0.128 e. The molecule has 1 fully saturated rings. The maximum atomic E-state index is 14.2. The highest BCUT2D eigenvalue weighted by molar-refractivity contribution is 5.27. The van der Waals surface area contributed by atoms with Crippen molar-refractivity contribution in [3.05, 3.63) is 34.9 Å². The van der Waals surface area contributed by atoms with E-state index < -0.39 is 0 Å². The Morgan fingerprint density at radius 2 is 2.10 bits per heavy atom. The topological polar surface area (TPSA) is 15.3 Å². The Morgan fingerprint density at radius 1 is 1.33 bits per heavy atom. The average molecular weight is 296 g/mol. The third-order valence-electron chi connectivity index (χ3n) is 4.40. The first-order valence-electron chi connectivity index (χ1n) is 7.96. The van der Waals surface area contributed by atoms with E-state index in [9.17, 15) is 8.78 Å². The summed E-state index contributed by atoms with van der Waals surface area (Å²) in [5.41, 5.74) is 0.826. The number of aryl methyl sites for hydroxylation is 1. The second-order valence-corrected chi connectivity index (χ2v) is 6.09. The lowest BCUT2D eigenvalue weighted by Gasteiger charge is -2.31. The van der Waals surface area contributed by atoms with Crippen LogP contribution in [-0.4, -0.2) is 30.6 Å². The molecule has 0 spiro atoms. The van der Waals surface area contributed by atoms with Crippen LogP contribution in [0.2, 0.25) is 0 Å². The molecule has 0 saturated carbocycles. The van der Waals surface area contributed by atoms with Gasteiger partial charge in [0.05, 0.1) is 0 Å². The lowest BCUT2D eigenvalue weighted by atomic mass is 10.0. The van der Waals surface area contributed by atoms with Gasteiger partial charge in [-0.25, -0.2) is 8.78 Å². The predicted octanol–water partition coefficient (Wildman–Crippen LogP) is 3.80. The number of halogens is 2. The Bertz CT molecular complexity index is 470. The van der Waals surface area contributed by atoms with Gasteiger partial charge in [-0.3, -0.25) is 4.90 Å². The average Bonchev–Trinajstić information content (AvgIpc) is 2.94. The van der Waals surface area contributed by atoms with Crippen molar-refractivity contribution in [2.45, 2.75) is 52.1 Å². The first-order valence-corrected chi connectivity index (χ1v) is 7.96. The fourth-order valence-corrected chi connectivity index (χ4v) is 3.10. The van der Waals surface area contributed by atoms with E-state index in [4.69, 9.17) is 0 Å². The van der Waals surface area contributed by atoms with E-state index >= 15 is 0 Å². The Hall–Kier alpha value is -1.00. The second-order valence-electron chi connectivity index (χ2n) is 6.09. The first-order chi connectivity index (χ1) is 10.0. The molecule has 0 amide bonds. The Labute approximate surface area is 126 Å². The summed E-state index contributed by atoms with van der Waals surface area (Å²) >= 11 is 0. The van der Waals surface area contributed by atoms with Crippen LogP contribution in [0.15, 0.2) is 12.1 Å². The van der Waals surface area contributed by atoms with Crippen molar-refractivity contribution >= 4 is 0 Å². The van der Waals surface area contributed by atoms with Gasteiger partial charge in [-0.2, -0.15) is 0 Å². The van der Waals surface area contributed by atoms with E-state index in [1.165, 1.54) is 18.6 Å². The van der Waals surface area contributed by atoms with Gasteiger partial charge in [0.25, 0.3) is 0 Å². The summed E-state index contributed by atoms with van der Waals surface area (Å²) in [4.78, 5) is 2.26.